The molecule has 7 heteroatoms. The summed E-state index contributed by atoms with van der Waals surface area (Å²) in [6.45, 7) is 0. The largest absolute Gasteiger partial charge is 0.375 e. The molecule has 0 radical (unpaired) electrons. The molecule has 92 valence electrons. The van der Waals surface area contributed by atoms with Gasteiger partial charge in [-0.2, -0.15) is 8.42 Å². The minimum atomic E-state index is -4.27. The molecule has 0 fully saturated rings. The van der Waals surface area contributed by atoms with Crippen molar-refractivity contribution in [2.24, 2.45) is 0 Å². The van der Waals surface area contributed by atoms with E-state index in [9.17, 15) is 13.0 Å². The number of rotatable bonds is 1. The standard InChI is InChI=1S/C11H8N2O3S2/c12-11-13-7-5-4-6-2-1-3-8(18(14,15)16)9(6)10(7)17-11/h1-5H,(H2,12,13)(H,14,15,16). The maximum atomic E-state index is 11.4. The van der Waals surface area contributed by atoms with E-state index in [2.05, 4.69) is 4.98 Å². The lowest BCUT2D eigenvalue weighted by molar-refractivity contribution is 0.484. The average Bonchev–Trinajstić information content (AvgIpc) is 2.67. The lowest BCUT2D eigenvalue weighted by Crippen LogP contribution is -1.98. The molecule has 5 nitrogen and oxygen atoms in total. The second-order valence-corrected chi connectivity index (χ2v) is 6.22. The lowest BCUT2D eigenvalue weighted by Gasteiger charge is -2.04. The van der Waals surface area contributed by atoms with Crippen LogP contribution in [0.3, 0.4) is 0 Å². The Morgan fingerprint density at radius 3 is 2.72 bits per heavy atom. The van der Waals surface area contributed by atoms with E-state index in [0.717, 1.165) is 5.39 Å². The van der Waals surface area contributed by atoms with Crippen molar-refractivity contribution < 1.29 is 13.0 Å². The molecule has 0 aliphatic heterocycles. The van der Waals surface area contributed by atoms with Crippen LogP contribution in [0.25, 0.3) is 21.0 Å². The van der Waals surface area contributed by atoms with Crippen LogP contribution in [0.1, 0.15) is 0 Å². The minimum absolute atomic E-state index is 0.116. The molecule has 18 heavy (non-hydrogen) atoms. The zero-order chi connectivity index (χ0) is 12.9. The number of nitrogen functional groups attached to an aromatic ring is 1. The number of nitrogens with zero attached hydrogens (tertiary/aromatic N) is 1. The molecule has 0 aliphatic rings. The molecule has 2 aromatic carbocycles. The summed E-state index contributed by atoms with van der Waals surface area (Å²) in [4.78, 5) is 3.99. The Balaban J connectivity index is 2.62. The first-order chi connectivity index (χ1) is 8.47. The third-order valence-corrected chi connectivity index (χ3v) is 4.47. The van der Waals surface area contributed by atoms with E-state index >= 15 is 0 Å². The van der Waals surface area contributed by atoms with Crippen molar-refractivity contribution in [1.82, 2.24) is 4.98 Å². The van der Waals surface area contributed by atoms with Crippen LogP contribution in [0, 0.1) is 0 Å². The van der Waals surface area contributed by atoms with Crippen molar-refractivity contribution in [3.63, 3.8) is 0 Å². The van der Waals surface area contributed by atoms with Gasteiger partial charge in [0.2, 0.25) is 0 Å². The van der Waals surface area contributed by atoms with Crippen LogP contribution in [-0.2, 0) is 10.1 Å². The van der Waals surface area contributed by atoms with E-state index in [1.54, 1.807) is 24.3 Å². The average molecular weight is 280 g/mol. The molecule has 1 aromatic heterocycles. The molecule has 0 amide bonds. The van der Waals surface area contributed by atoms with Crippen molar-refractivity contribution in [3.8, 4) is 0 Å². The molecular formula is C11H8N2O3S2. The predicted molar refractivity (Wildman–Crippen MR) is 71.4 cm³/mol. The van der Waals surface area contributed by atoms with Gasteiger partial charge in [0.1, 0.15) is 4.90 Å². The lowest BCUT2D eigenvalue weighted by atomic mass is 10.1. The summed E-state index contributed by atoms with van der Waals surface area (Å²) in [5.41, 5.74) is 6.26. The van der Waals surface area contributed by atoms with E-state index in [1.807, 2.05) is 0 Å². The molecule has 0 saturated heterocycles. The molecule has 3 aromatic rings. The molecule has 3 N–H and O–H groups in total. The fourth-order valence-electron chi connectivity index (χ4n) is 1.95. The fourth-order valence-corrected chi connectivity index (χ4v) is 3.65. The quantitative estimate of drug-likeness (QED) is 0.667. The van der Waals surface area contributed by atoms with Crippen molar-refractivity contribution in [3.05, 3.63) is 30.3 Å². The molecule has 1 heterocycles. The Bertz CT molecular complexity index is 869. The molecular weight excluding hydrogens is 272 g/mol. The number of anilines is 1. The molecule has 0 aliphatic carbocycles. The van der Waals surface area contributed by atoms with Gasteiger partial charge in [0, 0.05) is 5.39 Å². The number of hydrogen-bond donors (Lipinski definition) is 2. The summed E-state index contributed by atoms with van der Waals surface area (Å²) < 4.78 is 32.8. The van der Waals surface area contributed by atoms with Crippen LogP contribution in [0.4, 0.5) is 5.13 Å². The normalized spacial score (nSPS) is 12.3. The number of aromatic nitrogens is 1. The van der Waals surface area contributed by atoms with Gasteiger partial charge in [-0.3, -0.25) is 4.55 Å². The van der Waals surface area contributed by atoms with Crippen molar-refractivity contribution in [2.75, 3.05) is 5.73 Å². The Kier molecular flexibility index (Phi) is 2.31. The second-order valence-electron chi connectivity index (χ2n) is 3.80. The van der Waals surface area contributed by atoms with Crippen LogP contribution < -0.4 is 5.73 Å². The first-order valence-corrected chi connectivity index (χ1v) is 7.28. The SMILES string of the molecule is Nc1nc2ccc3cccc(S(=O)(=O)O)c3c2s1. The summed E-state index contributed by atoms with van der Waals surface area (Å²) in [7, 11) is -4.27. The third-order valence-electron chi connectivity index (χ3n) is 2.65. The van der Waals surface area contributed by atoms with Gasteiger partial charge in [0.15, 0.2) is 5.13 Å². The van der Waals surface area contributed by atoms with Crippen molar-refractivity contribution in [1.29, 1.82) is 0 Å². The Hall–Kier alpha value is -1.70. The Labute approximate surface area is 107 Å². The summed E-state index contributed by atoms with van der Waals surface area (Å²) >= 11 is 1.20. The Morgan fingerprint density at radius 2 is 2.00 bits per heavy atom. The summed E-state index contributed by atoms with van der Waals surface area (Å²) in [5.74, 6) is 0. The third kappa shape index (κ3) is 1.64. The highest BCUT2D eigenvalue weighted by Gasteiger charge is 2.17. The van der Waals surface area contributed by atoms with Crippen molar-refractivity contribution in [2.45, 2.75) is 4.90 Å². The predicted octanol–water partition coefficient (Wildman–Crippen LogP) is 2.28. The molecule has 0 spiro atoms. The minimum Gasteiger partial charge on any atom is -0.375 e. The zero-order valence-corrected chi connectivity index (χ0v) is 10.6. The second kappa shape index (κ2) is 3.64. The monoisotopic (exact) mass is 280 g/mol. The first kappa shape index (κ1) is 11.4. The molecule has 0 atom stereocenters. The molecule has 3 rings (SSSR count). The van der Waals surface area contributed by atoms with E-state index in [0.29, 0.717) is 20.7 Å². The van der Waals surface area contributed by atoms with E-state index in [1.165, 1.54) is 17.4 Å². The highest BCUT2D eigenvalue weighted by molar-refractivity contribution is 7.86. The Morgan fingerprint density at radius 1 is 1.22 bits per heavy atom. The zero-order valence-electron chi connectivity index (χ0n) is 8.99. The highest BCUT2D eigenvalue weighted by Crippen LogP contribution is 2.35. The maximum absolute atomic E-state index is 11.4. The van der Waals surface area contributed by atoms with Crippen LogP contribution >= 0.6 is 11.3 Å². The molecule has 0 unspecified atom stereocenters. The summed E-state index contributed by atoms with van der Waals surface area (Å²) in [5, 5.41) is 1.55. The number of hydrogen-bond acceptors (Lipinski definition) is 5. The van der Waals surface area contributed by atoms with Gasteiger partial charge in [0.25, 0.3) is 10.1 Å². The number of benzene rings is 2. The van der Waals surface area contributed by atoms with Crippen molar-refractivity contribution >= 4 is 47.6 Å². The van der Waals surface area contributed by atoms with Gasteiger partial charge in [-0.25, -0.2) is 4.98 Å². The summed E-state index contributed by atoms with van der Waals surface area (Å²) in [6.07, 6.45) is 0. The number of fused-ring (bicyclic) bond motifs is 3. The highest BCUT2D eigenvalue weighted by atomic mass is 32.2. The molecule has 0 saturated carbocycles. The first-order valence-electron chi connectivity index (χ1n) is 5.02. The topological polar surface area (TPSA) is 93.3 Å². The van der Waals surface area contributed by atoms with Gasteiger partial charge >= 0.3 is 0 Å². The van der Waals surface area contributed by atoms with Gasteiger partial charge < -0.3 is 5.73 Å². The van der Waals surface area contributed by atoms with Crippen LogP contribution in [0.15, 0.2) is 35.2 Å². The van der Waals surface area contributed by atoms with Gasteiger partial charge in [-0.1, -0.05) is 29.5 Å². The van der Waals surface area contributed by atoms with E-state index < -0.39 is 10.1 Å². The maximum Gasteiger partial charge on any atom is 0.295 e. The number of thiazole rings is 1. The van der Waals surface area contributed by atoms with Gasteiger partial charge in [0.05, 0.1) is 10.2 Å². The van der Waals surface area contributed by atoms with Gasteiger partial charge in [-0.15, -0.1) is 0 Å². The van der Waals surface area contributed by atoms with E-state index in [4.69, 9.17) is 5.73 Å². The van der Waals surface area contributed by atoms with Crippen LogP contribution in [-0.4, -0.2) is 18.0 Å². The van der Waals surface area contributed by atoms with Crippen LogP contribution in [0.2, 0.25) is 0 Å². The fraction of sp³-hybridized carbons (Fsp3) is 0. The van der Waals surface area contributed by atoms with E-state index in [-0.39, 0.29) is 4.90 Å². The summed E-state index contributed by atoms with van der Waals surface area (Å²) in [6, 6.07) is 8.26. The molecule has 0 bridgehead atoms. The smallest absolute Gasteiger partial charge is 0.295 e. The number of nitrogens with two attached hydrogens (primary N) is 1. The van der Waals surface area contributed by atoms with Crippen LogP contribution in [0.5, 0.6) is 0 Å². The van der Waals surface area contributed by atoms with Gasteiger partial charge in [-0.05, 0) is 17.5 Å².